The molecule has 1 aliphatic heterocycles. The van der Waals surface area contributed by atoms with E-state index in [0.717, 1.165) is 68.7 Å². The van der Waals surface area contributed by atoms with Crippen LogP contribution in [-0.2, 0) is 24.2 Å². The zero-order chi connectivity index (χ0) is 25.2. The molecular formula is C26H31N7O2S. The van der Waals surface area contributed by atoms with Crippen LogP contribution < -0.4 is 15.4 Å². The van der Waals surface area contributed by atoms with Gasteiger partial charge in [0.25, 0.3) is 0 Å². The SMILES string of the molecule is COCCc1c(C)nc(CN(C)C)nc1N1CCOc2ccc(-c3cnc4sc(N)nc4c3)cc2C1. The van der Waals surface area contributed by atoms with Gasteiger partial charge in [0.15, 0.2) is 5.13 Å². The first-order valence-electron chi connectivity index (χ1n) is 11.9. The van der Waals surface area contributed by atoms with Gasteiger partial charge in [-0.05, 0) is 44.8 Å². The maximum Gasteiger partial charge on any atom is 0.182 e. The number of aryl methyl sites for hydroxylation is 1. The molecule has 4 aromatic rings. The van der Waals surface area contributed by atoms with E-state index in [1.54, 1.807) is 7.11 Å². The van der Waals surface area contributed by atoms with E-state index in [0.29, 0.717) is 31.4 Å². The average molecular weight is 506 g/mol. The van der Waals surface area contributed by atoms with Crippen molar-refractivity contribution in [3.8, 4) is 16.9 Å². The van der Waals surface area contributed by atoms with Crippen molar-refractivity contribution in [2.75, 3.05) is 51.6 Å². The van der Waals surface area contributed by atoms with Crippen molar-refractivity contribution in [3.63, 3.8) is 0 Å². The molecule has 0 atom stereocenters. The Morgan fingerprint density at radius 3 is 2.83 bits per heavy atom. The van der Waals surface area contributed by atoms with Gasteiger partial charge in [-0.15, -0.1) is 0 Å². The number of anilines is 2. The smallest absolute Gasteiger partial charge is 0.182 e. The molecule has 10 heteroatoms. The van der Waals surface area contributed by atoms with Crippen LogP contribution >= 0.6 is 11.3 Å². The molecule has 0 saturated carbocycles. The van der Waals surface area contributed by atoms with Gasteiger partial charge in [-0.2, -0.15) is 0 Å². The largest absolute Gasteiger partial charge is 0.491 e. The highest BCUT2D eigenvalue weighted by atomic mass is 32.1. The number of nitrogens with two attached hydrogens (primary N) is 1. The summed E-state index contributed by atoms with van der Waals surface area (Å²) in [6.45, 7) is 5.34. The van der Waals surface area contributed by atoms with Gasteiger partial charge in [0.1, 0.15) is 34.3 Å². The van der Waals surface area contributed by atoms with Gasteiger partial charge in [-0.1, -0.05) is 17.4 Å². The van der Waals surface area contributed by atoms with Gasteiger partial charge in [0.05, 0.1) is 19.7 Å². The van der Waals surface area contributed by atoms with Crippen LogP contribution in [0, 0.1) is 6.92 Å². The second-order valence-electron chi connectivity index (χ2n) is 9.20. The Kier molecular flexibility index (Phi) is 6.99. The standard InChI is InChI=1S/C26H31N7O2S/c1-16-20(7-9-34-4)24(31-23(29-16)15-32(2)3)33-8-10-35-22-6-5-17(11-19(22)14-33)18-12-21-25(28-13-18)36-26(27)30-21/h5-6,11-13H,7-10,14-15H2,1-4H3,(H2,27,30). The minimum Gasteiger partial charge on any atom is -0.491 e. The number of pyridine rings is 1. The van der Waals surface area contributed by atoms with Crippen LogP contribution in [0.5, 0.6) is 5.75 Å². The van der Waals surface area contributed by atoms with Crippen LogP contribution in [0.1, 0.15) is 22.6 Å². The summed E-state index contributed by atoms with van der Waals surface area (Å²) in [6, 6.07) is 8.33. The van der Waals surface area contributed by atoms with Crippen LogP contribution in [0.2, 0.25) is 0 Å². The highest BCUT2D eigenvalue weighted by Gasteiger charge is 2.22. The molecule has 188 valence electrons. The highest BCUT2D eigenvalue weighted by molar-refractivity contribution is 7.21. The predicted octanol–water partition coefficient (Wildman–Crippen LogP) is 3.69. The van der Waals surface area contributed by atoms with Gasteiger partial charge in [0, 0.05) is 48.7 Å². The van der Waals surface area contributed by atoms with E-state index in [9.17, 15) is 0 Å². The molecule has 0 saturated heterocycles. The number of benzene rings is 1. The summed E-state index contributed by atoms with van der Waals surface area (Å²) in [4.78, 5) is 24.0. The summed E-state index contributed by atoms with van der Waals surface area (Å²) in [6.07, 6.45) is 2.63. The number of nitrogens with zero attached hydrogens (tertiary/aromatic N) is 6. The van der Waals surface area contributed by atoms with Crippen LogP contribution in [-0.4, -0.2) is 65.8 Å². The molecule has 0 unspecified atom stereocenters. The maximum absolute atomic E-state index is 6.15. The normalized spacial score (nSPS) is 13.6. The topological polar surface area (TPSA) is 103 Å². The summed E-state index contributed by atoms with van der Waals surface area (Å²) in [5.74, 6) is 2.67. The number of rotatable bonds is 7. The number of fused-ring (bicyclic) bond motifs is 2. The number of aromatic nitrogens is 4. The quantitative estimate of drug-likeness (QED) is 0.403. The van der Waals surface area contributed by atoms with Crippen LogP contribution in [0.25, 0.3) is 21.5 Å². The molecule has 2 N–H and O–H groups in total. The number of thiazole rings is 1. The lowest BCUT2D eigenvalue weighted by atomic mass is 10.0. The van der Waals surface area contributed by atoms with Crippen molar-refractivity contribution < 1.29 is 9.47 Å². The van der Waals surface area contributed by atoms with Crippen LogP contribution in [0.15, 0.2) is 30.5 Å². The molecule has 0 radical (unpaired) electrons. The summed E-state index contributed by atoms with van der Waals surface area (Å²) >= 11 is 1.40. The second kappa shape index (κ2) is 10.3. The molecule has 1 aromatic carbocycles. The number of hydrogen-bond donors (Lipinski definition) is 1. The molecule has 0 bridgehead atoms. The molecule has 1 aliphatic rings. The third kappa shape index (κ3) is 5.11. The summed E-state index contributed by atoms with van der Waals surface area (Å²) < 4.78 is 11.5. The first kappa shape index (κ1) is 24.4. The lowest BCUT2D eigenvalue weighted by Gasteiger charge is -2.26. The van der Waals surface area contributed by atoms with Gasteiger partial charge < -0.3 is 25.0 Å². The molecule has 0 aliphatic carbocycles. The zero-order valence-corrected chi connectivity index (χ0v) is 21.9. The first-order valence-corrected chi connectivity index (χ1v) is 12.8. The number of ether oxygens (including phenoxy) is 2. The predicted molar refractivity (Wildman–Crippen MR) is 144 cm³/mol. The number of hydrogen-bond acceptors (Lipinski definition) is 10. The van der Waals surface area contributed by atoms with Crippen molar-refractivity contribution in [2.24, 2.45) is 0 Å². The molecule has 5 rings (SSSR count). The second-order valence-corrected chi connectivity index (χ2v) is 10.2. The number of methoxy groups -OCH3 is 1. The van der Waals surface area contributed by atoms with E-state index in [2.05, 4.69) is 38.8 Å². The van der Waals surface area contributed by atoms with E-state index in [-0.39, 0.29) is 0 Å². The minimum atomic E-state index is 0.527. The molecule has 9 nitrogen and oxygen atoms in total. The molecule has 0 amide bonds. The third-order valence-corrected chi connectivity index (χ3v) is 7.00. The summed E-state index contributed by atoms with van der Waals surface area (Å²) in [5, 5.41) is 0.527. The van der Waals surface area contributed by atoms with Crippen molar-refractivity contribution >= 4 is 32.6 Å². The average Bonchev–Trinajstić information content (AvgIpc) is 3.08. The summed E-state index contributed by atoms with van der Waals surface area (Å²) in [7, 11) is 5.78. The maximum atomic E-state index is 6.15. The molecule has 4 heterocycles. The first-order chi connectivity index (χ1) is 17.4. The Labute approximate surface area is 214 Å². The van der Waals surface area contributed by atoms with Gasteiger partial charge in [-0.25, -0.2) is 19.9 Å². The van der Waals surface area contributed by atoms with Gasteiger partial charge >= 0.3 is 0 Å². The summed E-state index contributed by atoms with van der Waals surface area (Å²) in [5.41, 5.74) is 12.0. The fraction of sp³-hybridized carbons (Fsp3) is 0.385. The molecule has 3 aromatic heterocycles. The van der Waals surface area contributed by atoms with Crippen molar-refractivity contribution in [1.29, 1.82) is 0 Å². The van der Waals surface area contributed by atoms with E-state index >= 15 is 0 Å². The lowest BCUT2D eigenvalue weighted by molar-refractivity contribution is 0.202. The minimum absolute atomic E-state index is 0.527. The van der Waals surface area contributed by atoms with Crippen LogP contribution in [0.4, 0.5) is 10.9 Å². The lowest BCUT2D eigenvalue weighted by Crippen LogP contribution is -2.29. The Bertz CT molecular complexity index is 1390. The zero-order valence-electron chi connectivity index (χ0n) is 21.1. The monoisotopic (exact) mass is 505 g/mol. The van der Waals surface area contributed by atoms with E-state index < -0.39 is 0 Å². The molecular weight excluding hydrogens is 474 g/mol. The van der Waals surface area contributed by atoms with E-state index in [1.807, 2.05) is 32.4 Å². The van der Waals surface area contributed by atoms with Gasteiger partial charge in [-0.3, -0.25) is 0 Å². The fourth-order valence-electron chi connectivity index (χ4n) is 4.50. The van der Waals surface area contributed by atoms with Gasteiger partial charge in [0.2, 0.25) is 0 Å². The van der Waals surface area contributed by atoms with Crippen LogP contribution in [0.3, 0.4) is 0 Å². The molecule has 36 heavy (non-hydrogen) atoms. The van der Waals surface area contributed by atoms with E-state index in [4.69, 9.17) is 25.2 Å². The Morgan fingerprint density at radius 1 is 1.17 bits per heavy atom. The highest BCUT2D eigenvalue weighted by Crippen LogP contribution is 2.33. The molecule has 0 spiro atoms. The van der Waals surface area contributed by atoms with E-state index in [1.165, 1.54) is 11.3 Å². The fourth-order valence-corrected chi connectivity index (χ4v) is 5.16. The Morgan fingerprint density at radius 2 is 2.03 bits per heavy atom. The van der Waals surface area contributed by atoms with Crippen molar-refractivity contribution in [1.82, 2.24) is 24.8 Å². The molecule has 0 fully saturated rings. The number of nitrogen functional groups attached to an aromatic ring is 1. The van der Waals surface area contributed by atoms with Crippen molar-refractivity contribution in [3.05, 3.63) is 53.1 Å². The Hall–Kier alpha value is -3.34. The van der Waals surface area contributed by atoms with Crippen molar-refractivity contribution in [2.45, 2.75) is 26.4 Å². The third-order valence-electron chi connectivity index (χ3n) is 6.19. The Balaban J connectivity index is 1.51.